The number of carboxylic acid groups (broad SMARTS) is 1. The number of aliphatic carboxylic acids is 1. The van der Waals surface area contributed by atoms with Gasteiger partial charge in [-0.15, -0.1) is 0 Å². The van der Waals surface area contributed by atoms with Gasteiger partial charge in [0, 0.05) is 55.5 Å². The Morgan fingerprint density at radius 2 is 1.51 bits per heavy atom. The van der Waals surface area contributed by atoms with Gasteiger partial charge < -0.3 is 20.2 Å². The van der Waals surface area contributed by atoms with E-state index in [1.165, 1.54) is 62.5 Å². The maximum atomic E-state index is 13.5. The monoisotopic (exact) mass is 694 g/mol. The molecule has 1 aromatic carbocycles. The summed E-state index contributed by atoms with van der Waals surface area (Å²) in [5, 5.41) is 12.2. The number of hydrogen-bond acceptors (Lipinski definition) is 7. The smallest absolute Gasteiger partial charge is 0.310 e. The molecule has 2 aromatic heterocycles. The molecule has 2 N–H and O–H groups in total. The van der Waals surface area contributed by atoms with Crippen molar-refractivity contribution in [2.75, 3.05) is 31.1 Å². The molecule has 1 atom stereocenters. The van der Waals surface area contributed by atoms with Gasteiger partial charge in [-0.3, -0.25) is 19.4 Å². The van der Waals surface area contributed by atoms with Crippen molar-refractivity contribution in [2.45, 2.75) is 96.9 Å². The second kappa shape index (κ2) is 15.9. The number of hydrogen-bond donors (Lipinski definition) is 2. The lowest BCUT2D eigenvalue weighted by Gasteiger charge is -2.39. The first kappa shape index (κ1) is 36.5. The largest absolute Gasteiger partial charge is 0.481 e. The number of pyridine rings is 1. The minimum absolute atomic E-state index is 0.132. The van der Waals surface area contributed by atoms with Gasteiger partial charge in [0.2, 0.25) is 5.91 Å². The normalized spacial score (nSPS) is 20.8. The van der Waals surface area contributed by atoms with Crippen molar-refractivity contribution >= 4 is 23.5 Å². The number of amides is 2. The van der Waals surface area contributed by atoms with Crippen LogP contribution in [0.15, 0.2) is 55.0 Å². The predicted octanol–water partition coefficient (Wildman–Crippen LogP) is 6.54. The zero-order valence-electron chi connectivity index (χ0n) is 30.7. The number of carbonyl (C=O) groups is 3. The highest BCUT2D eigenvalue weighted by Crippen LogP contribution is 2.39. The van der Waals surface area contributed by atoms with Crippen molar-refractivity contribution in [3.05, 3.63) is 71.8 Å². The second-order valence-electron chi connectivity index (χ2n) is 16.0. The van der Waals surface area contributed by atoms with Gasteiger partial charge in [-0.05, 0) is 61.1 Å². The van der Waals surface area contributed by atoms with Crippen molar-refractivity contribution in [1.29, 1.82) is 0 Å². The molecular weight excluding hydrogens is 640 g/mol. The van der Waals surface area contributed by atoms with Crippen LogP contribution >= 0.6 is 0 Å². The third kappa shape index (κ3) is 8.94. The van der Waals surface area contributed by atoms with E-state index in [4.69, 9.17) is 9.97 Å². The average Bonchev–Trinajstić information content (AvgIpc) is 3.11. The molecular formula is C41H54N6O4. The number of rotatable bonds is 11. The molecule has 10 heteroatoms. The van der Waals surface area contributed by atoms with E-state index in [0.29, 0.717) is 11.4 Å². The summed E-state index contributed by atoms with van der Waals surface area (Å²) in [6.07, 6.45) is 16.5. The first-order valence-corrected chi connectivity index (χ1v) is 18.9. The van der Waals surface area contributed by atoms with Crippen LogP contribution in [-0.4, -0.2) is 75.0 Å². The summed E-state index contributed by atoms with van der Waals surface area (Å²) in [6, 6.07) is 10.4. The first-order chi connectivity index (χ1) is 24.5. The highest BCUT2D eigenvalue weighted by Gasteiger charge is 2.39. The van der Waals surface area contributed by atoms with Crippen LogP contribution in [0.2, 0.25) is 0 Å². The Morgan fingerprint density at radius 1 is 0.863 bits per heavy atom. The van der Waals surface area contributed by atoms with E-state index in [0.717, 1.165) is 53.4 Å². The van der Waals surface area contributed by atoms with Crippen LogP contribution in [0.4, 0.5) is 5.69 Å². The van der Waals surface area contributed by atoms with Crippen LogP contribution in [0.5, 0.6) is 0 Å². The third-order valence-electron chi connectivity index (χ3n) is 11.4. The molecule has 1 aliphatic carbocycles. The van der Waals surface area contributed by atoms with Gasteiger partial charge in [0.05, 0.1) is 29.6 Å². The fourth-order valence-corrected chi connectivity index (χ4v) is 8.09. The molecule has 0 unspecified atom stereocenters. The number of likely N-dealkylation sites (tertiary alicyclic amines) is 1. The summed E-state index contributed by atoms with van der Waals surface area (Å²) in [7, 11) is 0. The van der Waals surface area contributed by atoms with Crippen LogP contribution in [0.3, 0.4) is 0 Å². The molecule has 3 fully saturated rings. The molecule has 3 aliphatic rings. The number of piperidine rings is 1. The lowest BCUT2D eigenvalue weighted by atomic mass is 9.72. The number of anilines is 1. The van der Waals surface area contributed by atoms with E-state index >= 15 is 0 Å². The maximum absolute atomic E-state index is 13.5. The minimum atomic E-state index is -0.921. The molecule has 10 nitrogen and oxygen atoms in total. The Balaban J connectivity index is 1.06. The molecule has 0 radical (unpaired) electrons. The lowest BCUT2D eigenvalue weighted by molar-refractivity contribution is -0.153. The Hall–Kier alpha value is -4.34. The van der Waals surface area contributed by atoms with Crippen LogP contribution in [-0.2, 0) is 21.4 Å². The van der Waals surface area contributed by atoms with E-state index in [2.05, 4.69) is 42.9 Å². The molecule has 2 aliphatic heterocycles. The van der Waals surface area contributed by atoms with E-state index in [9.17, 15) is 19.5 Å². The summed E-state index contributed by atoms with van der Waals surface area (Å²) in [6.45, 7) is 10.8. The van der Waals surface area contributed by atoms with Crippen LogP contribution in [0.1, 0.15) is 101 Å². The maximum Gasteiger partial charge on any atom is 0.310 e. The topological polar surface area (TPSA) is 129 Å². The minimum Gasteiger partial charge on any atom is -0.481 e. The van der Waals surface area contributed by atoms with Crippen molar-refractivity contribution in [3.63, 3.8) is 0 Å². The molecule has 3 aromatic rings. The molecule has 2 saturated heterocycles. The standard InChI is InChI=1S/C41H54N6O4/c1-5-6-27-7-11-29(12-8-27)30-17-19-46(20-18-30)34-23-43-37(44-24-34)31-13-9-28(10-14-31)21-35(39(49)47-25-33(26-47)40(50)51)45-38(48)32-15-16-36(42-22-32)41(2,3)4/h9-10,13-16,22-24,27,29-30,33,35H,5-8,11-12,17-21,25-26H2,1-4H3,(H,45,48)(H,50,51)/t27-,29-,35-/m0/s1. The summed E-state index contributed by atoms with van der Waals surface area (Å²) in [5.74, 6) is 1.12. The average molecular weight is 695 g/mol. The fourth-order valence-electron chi connectivity index (χ4n) is 8.09. The summed E-state index contributed by atoms with van der Waals surface area (Å²) in [5.41, 5.74) is 3.85. The lowest BCUT2D eigenvalue weighted by Crippen LogP contribution is -2.59. The quantitative estimate of drug-likeness (QED) is 0.232. The Kier molecular flexibility index (Phi) is 11.4. The molecule has 4 heterocycles. The number of benzene rings is 1. The molecule has 1 saturated carbocycles. The second-order valence-corrected chi connectivity index (χ2v) is 16.0. The summed E-state index contributed by atoms with van der Waals surface area (Å²) < 4.78 is 0. The van der Waals surface area contributed by atoms with Crippen LogP contribution in [0.25, 0.3) is 11.4 Å². The first-order valence-electron chi connectivity index (χ1n) is 18.9. The van der Waals surface area contributed by atoms with Crippen molar-refractivity contribution in [1.82, 2.24) is 25.2 Å². The summed E-state index contributed by atoms with van der Waals surface area (Å²) >= 11 is 0. The SMILES string of the molecule is CCC[C@H]1CC[C@H](C2CCN(c3cnc(-c4ccc(C[C@H](NC(=O)c5ccc(C(C)(C)C)nc5)C(=O)N5CC(C(=O)O)C5)cc4)nc3)CC2)CC1. The third-order valence-corrected chi connectivity index (χ3v) is 11.4. The zero-order chi connectivity index (χ0) is 36.1. The van der Waals surface area contributed by atoms with Gasteiger partial charge in [-0.1, -0.05) is 77.6 Å². The van der Waals surface area contributed by atoms with Crippen molar-refractivity contribution in [3.8, 4) is 11.4 Å². The Bertz CT molecular complexity index is 1630. The Labute approximate surface area is 302 Å². The van der Waals surface area contributed by atoms with E-state index < -0.39 is 23.8 Å². The number of carbonyl (C=O) groups excluding carboxylic acids is 2. The zero-order valence-corrected chi connectivity index (χ0v) is 30.7. The Morgan fingerprint density at radius 3 is 2.08 bits per heavy atom. The van der Waals surface area contributed by atoms with Crippen LogP contribution < -0.4 is 10.2 Å². The van der Waals surface area contributed by atoms with Crippen molar-refractivity contribution < 1.29 is 19.5 Å². The number of nitrogens with zero attached hydrogens (tertiary/aromatic N) is 5. The van der Waals surface area contributed by atoms with Gasteiger partial charge >= 0.3 is 5.97 Å². The van der Waals surface area contributed by atoms with E-state index in [1.807, 2.05) is 42.7 Å². The van der Waals surface area contributed by atoms with Gasteiger partial charge in [0.15, 0.2) is 5.82 Å². The van der Waals surface area contributed by atoms with Gasteiger partial charge in [-0.2, -0.15) is 0 Å². The highest BCUT2D eigenvalue weighted by atomic mass is 16.4. The molecule has 0 spiro atoms. The number of carboxylic acids is 1. The molecule has 2 amide bonds. The molecule has 51 heavy (non-hydrogen) atoms. The number of aromatic nitrogens is 3. The predicted molar refractivity (Wildman–Crippen MR) is 198 cm³/mol. The highest BCUT2D eigenvalue weighted by molar-refractivity contribution is 5.97. The fraction of sp³-hybridized carbons (Fsp3) is 0.561. The van der Waals surface area contributed by atoms with Gasteiger partial charge in [0.25, 0.3) is 5.91 Å². The van der Waals surface area contributed by atoms with Crippen LogP contribution in [0, 0.1) is 23.7 Å². The molecule has 0 bridgehead atoms. The van der Waals surface area contributed by atoms with E-state index in [-0.39, 0.29) is 30.8 Å². The molecule has 6 rings (SSSR count). The van der Waals surface area contributed by atoms with E-state index in [1.54, 1.807) is 6.07 Å². The number of nitrogens with one attached hydrogen (secondary N) is 1. The molecule has 272 valence electrons. The van der Waals surface area contributed by atoms with Gasteiger partial charge in [-0.25, -0.2) is 9.97 Å². The van der Waals surface area contributed by atoms with Gasteiger partial charge in [0.1, 0.15) is 6.04 Å². The summed E-state index contributed by atoms with van der Waals surface area (Å²) in [4.78, 5) is 56.0. The van der Waals surface area contributed by atoms with Crippen molar-refractivity contribution in [2.24, 2.45) is 23.7 Å².